The fourth-order valence-corrected chi connectivity index (χ4v) is 2.46. The van der Waals surface area contributed by atoms with Crippen LogP contribution in [0.4, 0.5) is 5.69 Å². The van der Waals surface area contributed by atoms with Crippen LogP contribution in [0.2, 0.25) is 0 Å². The molecule has 1 rings (SSSR count). The summed E-state index contributed by atoms with van der Waals surface area (Å²) in [5, 5.41) is 18.3. The second-order valence-electron chi connectivity index (χ2n) is 3.80. The van der Waals surface area contributed by atoms with Crippen LogP contribution in [0.25, 0.3) is 0 Å². The molecule has 8 heteroatoms. The second kappa shape index (κ2) is 6.39. The zero-order chi connectivity index (χ0) is 14.5. The monoisotopic (exact) mass is 289 g/mol. The van der Waals surface area contributed by atoms with Gasteiger partial charge in [-0.2, -0.15) is 0 Å². The molecule has 0 amide bonds. The smallest absolute Gasteiger partial charge is 0.335 e. The average Bonchev–Trinajstić information content (AvgIpc) is 2.31. The summed E-state index contributed by atoms with van der Waals surface area (Å²) in [5.41, 5.74) is -0.273. The molecule has 106 valence electrons. The Labute approximate surface area is 110 Å². The quantitative estimate of drug-likeness (QED) is 0.507. The number of nitrogens with one attached hydrogen (secondary N) is 1. The highest BCUT2D eigenvalue weighted by atomic mass is 32.2. The Hall–Kier alpha value is -1.80. The second-order valence-corrected chi connectivity index (χ2v) is 5.65. The highest BCUT2D eigenvalue weighted by molar-refractivity contribution is 7.92. The summed E-state index contributed by atoms with van der Waals surface area (Å²) in [4.78, 5) is 10.8. The van der Waals surface area contributed by atoms with Crippen LogP contribution in [0.5, 0.6) is 5.75 Å². The minimum Gasteiger partial charge on any atom is -0.506 e. The number of carboxylic acids is 1. The van der Waals surface area contributed by atoms with Gasteiger partial charge in [-0.05, 0) is 24.6 Å². The molecule has 0 bridgehead atoms. The van der Waals surface area contributed by atoms with Gasteiger partial charge in [0.05, 0.1) is 17.0 Å². The maximum Gasteiger partial charge on any atom is 0.335 e. The van der Waals surface area contributed by atoms with Crippen LogP contribution in [-0.2, 0) is 14.8 Å². The van der Waals surface area contributed by atoms with Crippen LogP contribution in [-0.4, -0.2) is 44.1 Å². The van der Waals surface area contributed by atoms with E-state index in [1.165, 1.54) is 13.2 Å². The van der Waals surface area contributed by atoms with Gasteiger partial charge in [-0.3, -0.25) is 4.72 Å². The Morgan fingerprint density at radius 2 is 2.11 bits per heavy atom. The van der Waals surface area contributed by atoms with Gasteiger partial charge in [0.1, 0.15) is 5.75 Å². The van der Waals surface area contributed by atoms with Gasteiger partial charge in [0.25, 0.3) is 0 Å². The molecule has 0 fully saturated rings. The maximum atomic E-state index is 11.7. The number of hydrogen-bond donors (Lipinski definition) is 3. The molecular weight excluding hydrogens is 274 g/mol. The molecule has 0 aliphatic rings. The molecule has 1 aromatic carbocycles. The van der Waals surface area contributed by atoms with E-state index in [1.807, 2.05) is 0 Å². The van der Waals surface area contributed by atoms with E-state index in [0.717, 1.165) is 12.1 Å². The fraction of sp³-hybridized carbons (Fsp3) is 0.364. The number of carbonyl (C=O) groups is 1. The lowest BCUT2D eigenvalue weighted by atomic mass is 10.2. The summed E-state index contributed by atoms with van der Waals surface area (Å²) in [6.45, 7) is 0.294. The van der Waals surface area contributed by atoms with E-state index in [2.05, 4.69) is 4.72 Å². The predicted molar refractivity (Wildman–Crippen MR) is 69.0 cm³/mol. The Kier molecular flexibility index (Phi) is 5.13. The third-order valence-corrected chi connectivity index (χ3v) is 3.63. The molecule has 0 aliphatic carbocycles. The molecule has 19 heavy (non-hydrogen) atoms. The molecule has 0 radical (unpaired) electrons. The number of aromatic hydroxyl groups is 1. The molecule has 0 spiro atoms. The molecule has 0 aliphatic heterocycles. The van der Waals surface area contributed by atoms with E-state index in [9.17, 15) is 18.3 Å². The van der Waals surface area contributed by atoms with Gasteiger partial charge >= 0.3 is 5.97 Å². The summed E-state index contributed by atoms with van der Waals surface area (Å²) in [7, 11) is -2.19. The van der Waals surface area contributed by atoms with Crippen molar-refractivity contribution in [3.05, 3.63) is 23.8 Å². The lowest BCUT2D eigenvalue weighted by molar-refractivity contribution is 0.0697. The van der Waals surface area contributed by atoms with Gasteiger partial charge in [-0.15, -0.1) is 0 Å². The van der Waals surface area contributed by atoms with Crippen LogP contribution in [0.3, 0.4) is 0 Å². The number of sulfonamides is 1. The Balaban J connectivity index is 2.86. The van der Waals surface area contributed by atoms with Crippen molar-refractivity contribution in [3.8, 4) is 5.75 Å². The maximum absolute atomic E-state index is 11.7. The van der Waals surface area contributed by atoms with Crippen LogP contribution < -0.4 is 4.72 Å². The van der Waals surface area contributed by atoms with Crippen LogP contribution in [0, 0.1) is 0 Å². The fourth-order valence-electron chi connectivity index (χ4n) is 1.36. The first kappa shape index (κ1) is 15.3. The van der Waals surface area contributed by atoms with Crippen LogP contribution in [0.1, 0.15) is 16.8 Å². The molecule has 3 N–H and O–H groups in total. The molecule has 0 saturated carbocycles. The van der Waals surface area contributed by atoms with Crippen molar-refractivity contribution < 1.29 is 28.2 Å². The summed E-state index contributed by atoms with van der Waals surface area (Å²) >= 11 is 0. The Bertz CT molecular complexity index is 554. The first-order chi connectivity index (χ1) is 8.85. The predicted octanol–water partition coefficient (Wildman–Crippen LogP) is 0.869. The van der Waals surface area contributed by atoms with Crippen molar-refractivity contribution in [1.82, 2.24) is 0 Å². The first-order valence-electron chi connectivity index (χ1n) is 5.41. The van der Waals surface area contributed by atoms with Gasteiger partial charge in [-0.1, -0.05) is 0 Å². The lowest BCUT2D eigenvalue weighted by Crippen LogP contribution is -2.18. The molecule has 0 atom stereocenters. The van der Waals surface area contributed by atoms with Crippen LogP contribution in [0.15, 0.2) is 18.2 Å². The van der Waals surface area contributed by atoms with E-state index in [0.29, 0.717) is 13.0 Å². The number of benzene rings is 1. The SMILES string of the molecule is COCCCS(=O)(=O)Nc1cc(C(=O)O)ccc1O. The van der Waals surface area contributed by atoms with Gasteiger partial charge in [0.2, 0.25) is 10.0 Å². The molecule has 0 heterocycles. The van der Waals surface area contributed by atoms with E-state index < -0.39 is 16.0 Å². The lowest BCUT2D eigenvalue weighted by Gasteiger charge is -2.10. The minimum absolute atomic E-state index is 0.118. The van der Waals surface area contributed by atoms with Crippen molar-refractivity contribution in [2.24, 2.45) is 0 Å². The van der Waals surface area contributed by atoms with E-state index in [-0.39, 0.29) is 22.8 Å². The number of anilines is 1. The van der Waals surface area contributed by atoms with E-state index >= 15 is 0 Å². The van der Waals surface area contributed by atoms with Crippen LogP contribution >= 0.6 is 0 Å². The highest BCUT2D eigenvalue weighted by Gasteiger charge is 2.14. The zero-order valence-corrected chi connectivity index (χ0v) is 11.1. The number of hydrogen-bond acceptors (Lipinski definition) is 5. The average molecular weight is 289 g/mol. The summed E-state index contributed by atoms with van der Waals surface area (Å²) < 4.78 is 30.3. The molecule has 1 aromatic rings. The summed E-state index contributed by atoms with van der Waals surface area (Å²) in [6, 6.07) is 3.36. The van der Waals surface area contributed by atoms with Gasteiger partial charge < -0.3 is 14.9 Å². The summed E-state index contributed by atoms with van der Waals surface area (Å²) in [5.74, 6) is -1.72. The van der Waals surface area contributed by atoms with Crippen molar-refractivity contribution in [2.75, 3.05) is 24.2 Å². The Morgan fingerprint density at radius 3 is 2.68 bits per heavy atom. The standard InChI is InChI=1S/C11H15NO6S/c1-18-5-2-6-19(16,17)12-9-7-8(11(14)15)3-4-10(9)13/h3-4,7,12-13H,2,5-6H2,1H3,(H,14,15). The minimum atomic E-state index is -3.65. The molecule has 0 aromatic heterocycles. The molecule has 7 nitrogen and oxygen atoms in total. The first-order valence-corrected chi connectivity index (χ1v) is 7.06. The third kappa shape index (κ3) is 4.76. The van der Waals surface area contributed by atoms with Crippen molar-refractivity contribution >= 4 is 21.7 Å². The van der Waals surface area contributed by atoms with Gasteiger partial charge in [0, 0.05) is 13.7 Å². The third-order valence-electron chi connectivity index (χ3n) is 2.27. The zero-order valence-electron chi connectivity index (χ0n) is 10.3. The normalized spacial score (nSPS) is 11.2. The molecular formula is C11H15NO6S. The number of carboxylic acid groups (broad SMARTS) is 1. The van der Waals surface area contributed by atoms with Crippen molar-refractivity contribution in [3.63, 3.8) is 0 Å². The number of phenols is 1. The topological polar surface area (TPSA) is 113 Å². The highest BCUT2D eigenvalue weighted by Crippen LogP contribution is 2.25. The Morgan fingerprint density at radius 1 is 1.42 bits per heavy atom. The summed E-state index contributed by atoms with van der Waals surface area (Å²) in [6.07, 6.45) is 0.297. The van der Waals surface area contributed by atoms with E-state index in [4.69, 9.17) is 9.84 Å². The van der Waals surface area contributed by atoms with Gasteiger partial charge in [0.15, 0.2) is 0 Å². The number of methoxy groups -OCH3 is 1. The number of aromatic carboxylic acids is 1. The largest absolute Gasteiger partial charge is 0.506 e. The number of ether oxygens (including phenoxy) is 1. The number of phenolic OH excluding ortho intramolecular Hbond substituents is 1. The van der Waals surface area contributed by atoms with Crippen molar-refractivity contribution in [2.45, 2.75) is 6.42 Å². The number of rotatable bonds is 7. The van der Waals surface area contributed by atoms with Crippen molar-refractivity contribution in [1.29, 1.82) is 0 Å². The molecule has 0 saturated heterocycles. The van der Waals surface area contributed by atoms with E-state index in [1.54, 1.807) is 0 Å². The molecule has 0 unspecified atom stereocenters. The van der Waals surface area contributed by atoms with Gasteiger partial charge in [-0.25, -0.2) is 13.2 Å².